The molecule has 6 nitrogen and oxygen atoms in total. The van der Waals surface area contributed by atoms with Gasteiger partial charge in [-0.3, -0.25) is 14.5 Å². The lowest BCUT2D eigenvalue weighted by Crippen LogP contribution is -2.46. The molecular weight excluding hydrogens is 412 g/mol. The number of anilines is 2. The number of aryl methyl sites for hydroxylation is 1. The SMILES string of the molecule is Cc1ccc(Cl)cc1N1CCN(C/C=C/CNC(=O)c2ccc3c(c2)NC(=O)C3)CC1. The summed E-state index contributed by atoms with van der Waals surface area (Å²) in [7, 11) is 0. The van der Waals surface area contributed by atoms with E-state index in [1.54, 1.807) is 12.1 Å². The molecule has 0 bridgehead atoms. The van der Waals surface area contributed by atoms with Crippen molar-refractivity contribution in [3.8, 4) is 0 Å². The van der Waals surface area contributed by atoms with Gasteiger partial charge in [-0.25, -0.2) is 0 Å². The fraction of sp³-hybridized carbons (Fsp3) is 0.333. The molecule has 2 aromatic carbocycles. The third-order valence-corrected chi connectivity index (χ3v) is 6.03. The predicted molar refractivity (Wildman–Crippen MR) is 125 cm³/mol. The molecule has 0 atom stereocenters. The van der Waals surface area contributed by atoms with Crippen LogP contribution in [0.2, 0.25) is 5.02 Å². The van der Waals surface area contributed by atoms with Crippen LogP contribution in [0.25, 0.3) is 0 Å². The normalized spacial score (nSPS) is 16.5. The van der Waals surface area contributed by atoms with E-state index >= 15 is 0 Å². The third kappa shape index (κ3) is 5.27. The van der Waals surface area contributed by atoms with E-state index < -0.39 is 0 Å². The zero-order valence-corrected chi connectivity index (χ0v) is 18.4. The van der Waals surface area contributed by atoms with Gasteiger partial charge in [0.1, 0.15) is 0 Å². The van der Waals surface area contributed by atoms with E-state index in [0.29, 0.717) is 18.5 Å². The lowest BCUT2D eigenvalue weighted by molar-refractivity contribution is -0.115. The monoisotopic (exact) mass is 438 g/mol. The number of nitrogens with one attached hydrogen (secondary N) is 2. The van der Waals surface area contributed by atoms with Gasteiger partial charge in [-0.15, -0.1) is 0 Å². The molecule has 2 aliphatic heterocycles. The van der Waals surface area contributed by atoms with E-state index in [1.165, 1.54) is 11.3 Å². The van der Waals surface area contributed by atoms with Gasteiger partial charge in [-0.2, -0.15) is 0 Å². The summed E-state index contributed by atoms with van der Waals surface area (Å²) < 4.78 is 0. The lowest BCUT2D eigenvalue weighted by Gasteiger charge is -2.36. The Morgan fingerprint density at radius 3 is 2.74 bits per heavy atom. The van der Waals surface area contributed by atoms with Crippen LogP contribution in [0.15, 0.2) is 48.6 Å². The molecule has 2 amide bonds. The summed E-state index contributed by atoms with van der Waals surface area (Å²) in [5, 5.41) is 6.45. The first-order chi connectivity index (χ1) is 15.0. The predicted octanol–water partition coefficient (Wildman–Crippen LogP) is 3.25. The van der Waals surface area contributed by atoms with Crippen molar-refractivity contribution >= 4 is 34.8 Å². The standard InChI is InChI=1S/C24H27ClN4O2/c1-17-4-7-20(25)16-22(17)29-12-10-28(11-13-29)9-3-2-8-26-24(31)19-6-5-18-15-23(30)27-21(18)14-19/h2-7,14,16H,8-13,15H2,1H3,(H,26,31)(H,27,30)/b3-2+. The summed E-state index contributed by atoms with van der Waals surface area (Å²) in [5.41, 5.74) is 4.70. The molecule has 2 heterocycles. The second-order valence-corrected chi connectivity index (χ2v) is 8.43. The van der Waals surface area contributed by atoms with Crippen LogP contribution in [0.3, 0.4) is 0 Å². The van der Waals surface area contributed by atoms with Crippen molar-refractivity contribution in [1.82, 2.24) is 10.2 Å². The molecule has 0 aliphatic carbocycles. The van der Waals surface area contributed by atoms with Gasteiger partial charge < -0.3 is 15.5 Å². The van der Waals surface area contributed by atoms with Crippen LogP contribution in [0, 0.1) is 6.92 Å². The Morgan fingerprint density at radius 1 is 1.13 bits per heavy atom. The van der Waals surface area contributed by atoms with Crippen LogP contribution in [-0.2, 0) is 11.2 Å². The van der Waals surface area contributed by atoms with Gasteiger partial charge in [0.15, 0.2) is 0 Å². The van der Waals surface area contributed by atoms with Crippen LogP contribution >= 0.6 is 11.6 Å². The van der Waals surface area contributed by atoms with Crippen molar-refractivity contribution in [3.63, 3.8) is 0 Å². The molecule has 0 spiro atoms. The van der Waals surface area contributed by atoms with Crippen LogP contribution in [0.1, 0.15) is 21.5 Å². The van der Waals surface area contributed by atoms with E-state index in [0.717, 1.165) is 49.0 Å². The molecule has 2 aromatic rings. The number of nitrogens with zero attached hydrogens (tertiary/aromatic N) is 2. The second-order valence-electron chi connectivity index (χ2n) is 8.00. The highest BCUT2D eigenvalue weighted by molar-refractivity contribution is 6.30. The van der Waals surface area contributed by atoms with Crippen molar-refractivity contribution < 1.29 is 9.59 Å². The Bertz CT molecular complexity index is 1010. The number of fused-ring (bicyclic) bond motifs is 1. The first-order valence-electron chi connectivity index (χ1n) is 10.6. The maximum absolute atomic E-state index is 12.3. The summed E-state index contributed by atoms with van der Waals surface area (Å²) in [4.78, 5) is 28.6. The van der Waals surface area contributed by atoms with Gasteiger partial charge in [0, 0.05) is 61.2 Å². The van der Waals surface area contributed by atoms with E-state index in [9.17, 15) is 9.59 Å². The molecule has 162 valence electrons. The highest BCUT2D eigenvalue weighted by Gasteiger charge is 2.19. The van der Waals surface area contributed by atoms with Gasteiger partial charge in [0.25, 0.3) is 5.91 Å². The minimum Gasteiger partial charge on any atom is -0.369 e. The maximum Gasteiger partial charge on any atom is 0.251 e. The Kier molecular flexibility index (Phi) is 6.59. The fourth-order valence-electron chi connectivity index (χ4n) is 4.01. The molecule has 31 heavy (non-hydrogen) atoms. The van der Waals surface area contributed by atoms with Gasteiger partial charge >= 0.3 is 0 Å². The Hall–Kier alpha value is -2.83. The molecule has 0 radical (unpaired) electrons. The first kappa shape index (κ1) is 21.4. The number of piperazine rings is 1. The van der Waals surface area contributed by atoms with E-state index in [2.05, 4.69) is 39.5 Å². The van der Waals surface area contributed by atoms with Gasteiger partial charge in [-0.05, 0) is 42.3 Å². The van der Waals surface area contributed by atoms with Crippen molar-refractivity contribution in [2.24, 2.45) is 0 Å². The minimum atomic E-state index is -0.140. The molecule has 4 rings (SSSR count). The van der Waals surface area contributed by atoms with Gasteiger partial charge in [0.05, 0.1) is 6.42 Å². The molecule has 0 saturated carbocycles. The minimum absolute atomic E-state index is 0.0287. The highest BCUT2D eigenvalue weighted by atomic mass is 35.5. The number of carbonyl (C=O) groups excluding carboxylic acids is 2. The fourth-order valence-corrected chi connectivity index (χ4v) is 4.18. The maximum atomic E-state index is 12.3. The molecule has 0 aromatic heterocycles. The Labute approximate surface area is 187 Å². The molecule has 1 saturated heterocycles. The largest absolute Gasteiger partial charge is 0.369 e. The van der Waals surface area contributed by atoms with E-state index in [4.69, 9.17) is 11.6 Å². The molecule has 7 heteroatoms. The number of rotatable bonds is 6. The smallest absolute Gasteiger partial charge is 0.251 e. The molecule has 2 N–H and O–H groups in total. The highest BCUT2D eigenvalue weighted by Crippen LogP contribution is 2.25. The average molecular weight is 439 g/mol. The van der Waals surface area contributed by atoms with Crippen molar-refractivity contribution in [2.75, 3.05) is 49.5 Å². The number of hydrogen-bond acceptors (Lipinski definition) is 4. The van der Waals surface area contributed by atoms with Crippen molar-refractivity contribution in [2.45, 2.75) is 13.3 Å². The number of hydrogen-bond donors (Lipinski definition) is 2. The number of carbonyl (C=O) groups is 2. The van der Waals surface area contributed by atoms with Crippen LogP contribution in [0.4, 0.5) is 11.4 Å². The van der Waals surface area contributed by atoms with Gasteiger partial charge in [0.2, 0.25) is 5.91 Å². The summed E-state index contributed by atoms with van der Waals surface area (Å²) in [6.07, 6.45) is 4.47. The zero-order valence-electron chi connectivity index (χ0n) is 17.7. The Balaban J connectivity index is 1.19. The molecule has 0 unspecified atom stereocenters. The van der Waals surface area contributed by atoms with Gasteiger partial charge in [-0.1, -0.05) is 35.9 Å². The first-order valence-corrected chi connectivity index (χ1v) is 11.0. The second kappa shape index (κ2) is 9.54. The van der Waals surface area contributed by atoms with Crippen LogP contribution in [0.5, 0.6) is 0 Å². The van der Waals surface area contributed by atoms with E-state index in [-0.39, 0.29) is 11.8 Å². The van der Waals surface area contributed by atoms with Crippen molar-refractivity contribution in [3.05, 3.63) is 70.3 Å². The third-order valence-electron chi connectivity index (χ3n) is 5.79. The summed E-state index contributed by atoms with van der Waals surface area (Å²) in [6, 6.07) is 11.4. The zero-order chi connectivity index (χ0) is 21.8. The van der Waals surface area contributed by atoms with Crippen molar-refractivity contribution in [1.29, 1.82) is 0 Å². The molecule has 2 aliphatic rings. The summed E-state index contributed by atoms with van der Waals surface area (Å²) in [6.45, 7) is 7.38. The van der Waals surface area contributed by atoms with Crippen LogP contribution < -0.4 is 15.5 Å². The van der Waals surface area contributed by atoms with Crippen LogP contribution in [-0.4, -0.2) is 56.0 Å². The number of amides is 2. The molecule has 1 fully saturated rings. The van der Waals surface area contributed by atoms with E-state index in [1.807, 2.05) is 24.3 Å². The summed E-state index contributed by atoms with van der Waals surface area (Å²) in [5.74, 6) is -0.168. The Morgan fingerprint density at radius 2 is 1.94 bits per heavy atom. The lowest BCUT2D eigenvalue weighted by atomic mass is 10.1. The molecular formula is C24H27ClN4O2. The topological polar surface area (TPSA) is 64.7 Å². The average Bonchev–Trinajstić information content (AvgIpc) is 3.14. The quantitative estimate of drug-likeness (QED) is 0.679. The summed E-state index contributed by atoms with van der Waals surface area (Å²) >= 11 is 6.16. The number of halogens is 1. The number of benzene rings is 2.